The second kappa shape index (κ2) is 17.1. The summed E-state index contributed by atoms with van der Waals surface area (Å²) in [6.07, 6.45) is 11.6. The largest absolute Gasteiger partial charge is 2.00 e. The van der Waals surface area contributed by atoms with E-state index in [2.05, 4.69) is 52.0 Å². The standard InChI is InChI=1S/C29H38N2O2.2C2H4O2.Co/c1-5-19-11-22(7-3)27(32)24(13-19)17-30-26-15-21-9-10-29(26,16-21)31-18-25-14-20(6-2)12-23(8-4)28(25)33;2*1-2(3)4;/h11-14,17-18,21,26,32-33H,5-10,15-16H2,1-4H3;2*1H3,(H,3,4);/q;;;+2/p-2. The molecule has 2 aromatic rings. The Morgan fingerprint density at radius 2 is 1.31 bits per heavy atom. The summed E-state index contributed by atoms with van der Waals surface area (Å²) in [5, 5.41) is 39.2. The Labute approximate surface area is 260 Å². The van der Waals surface area contributed by atoms with Crippen LogP contribution < -0.4 is 10.2 Å². The van der Waals surface area contributed by atoms with Gasteiger partial charge in [0.25, 0.3) is 0 Å². The quantitative estimate of drug-likeness (QED) is 0.429. The average Bonchev–Trinajstić information content (AvgIpc) is 3.50. The van der Waals surface area contributed by atoms with Crippen LogP contribution in [0.15, 0.2) is 34.3 Å². The SMILES string of the molecule is CC(=O)[O-].CC(=O)[O-].CCc1cc(C=NC2CC3CCC2(N=Cc2cc(CC)cc(CC)c2O)C3)c(O)c(CC)c1.[Co+2]. The number of aromatic hydroxyl groups is 2. The van der Waals surface area contributed by atoms with Crippen LogP contribution in [0, 0.1) is 5.92 Å². The first kappa shape index (κ1) is 36.9. The zero-order chi connectivity index (χ0) is 30.7. The summed E-state index contributed by atoms with van der Waals surface area (Å²) in [6, 6.07) is 8.43. The number of aryl methyl sites for hydroxylation is 4. The Kier molecular flexibility index (Phi) is 15.0. The molecule has 4 rings (SSSR count). The maximum absolute atomic E-state index is 10.7. The number of hydrogen-bond donors (Lipinski definition) is 2. The molecule has 0 heterocycles. The number of carboxylic acids is 2. The van der Waals surface area contributed by atoms with Gasteiger partial charge in [-0.3, -0.25) is 9.98 Å². The van der Waals surface area contributed by atoms with Gasteiger partial charge in [-0.15, -0.1) is 0 Å². The number of carbonyl (C=O) groups excluding carboxylic acids is 2. The van der Waals surface area contributed by atoms with E-state index in [1.807, 2.05) is 12.4 Å². The maximum atomic E-state index is 10.7. The van der Waals surface area contributed by atoms with Crippen molar-refractivity contribution in [3.8, 4) is 11.5 Å². The van der Waals surface area contributed by atoms with Gasteiger partial charge in [-0.25, -0.2) is 0 Å². The Balaban J connectivity index is 0.000000873. The van der Waals surface area contributed by atoms with Crippen LogP contribution in [-0.4, -0.2) is 46.2 Å². The molecule has 9 heteroatoms. The fraction of sp³-hybridized carbons (Fsp3) is 0.515. The number of carboxylic acid groups (broad SMARTS) is 2. The molecule has 0 aromatic heterocycles. The van der Waals surface area contributed by atoms with Gasteiger partial charge in [-0.1, -0.05) is 39.8 Å². The Morgan fingerprint density at radius 3 is 1.71 bits per heavy atom. The van der Waals surface area contributed by atoms with E-state index in [9.17, 15) is 10.2 Å². The third-order valence-corrected chi connectivity index (χ3v) is 7.79. The van der Waals surface area contributed by atoms with E-state index in [1.165, 1.54) is 17.5 Å². The van der Waals surface area contributed by atoms with Crippen molar-refractivity contribution < 1.29 is 46.8 Å². The van der Waals surface area contributed by atoms with Gasteiger partial charge in [0.2, 0.25) is 0 Å². The molecule has 2 aromatic carbocycles. The second-order valence-corrected chi connectivity index (χ2v) is 10.8. The van der Waals surface area contributed by atoms with Gasteiger partial charge in [0.1, 0.15) is 11.5 Å². The molecule has 0 amide bonds. The molecular formula is C33H44CoN2O6. The van der Waals surface area contributed by atoms with E-state index >= 15 is 0 Å². The first-order valence-corrected chi connectivity index (χ1v) is 14.5. The van der Waals surface area contributed by atoms with Crippen LogP contribution in [0.25, 0.3) is 0 Å². The first-order valence-electron chi connectivity index (χ1n) is 14.5. The topological polar surface area (TPSA) is 145 Å². The zero-order valence-electron chi connectivity index (χ0n) is 25.5. The van der Waals surface area contributed by atoms with E-state index in [4.69, 9.17) is 29.8 Å². The predicted octanol–water partition coefficient (Wildman–Crippen LogP) is 3.71. The third-order valence-electron chi connectivity index (χ3n) is 7.79. The summed E-state index contributed by atoms with van der Waals surface area (Å²) in [5.74, 6) is -0.795. The van der Waals surface area contributed by atoms with Crippen LogP contribution in [0.1, 0.15) is 101 Å². The molecule has 2 bridgehead atoms. The van der Waals surface area contributed by atoms with Gasteiger partial charge in [0.05, 0.1) is 11.6 Å². The number of carbonyl (C=O) groups is 2. The van der Waals surface area contributed by atoms with Crippen LogP contribution >= 0.6 is 0 Å². The fourth-order valence-corrected chi connectivity index (χ4v) is 5.69. The summed E-state index contributed by atoms with van der Waals surface area (Å²) in [6.45, 7) is 10.4. The number of fused-ring (bicyclic) bond motifs is 2. The summed E-state index contributed by atoms with van der Waals surface area (Å²) in [5.41, 5.74) is 5.85. The monoisotopic (exact) mass is 623 g/mol. The molecule has 2 aliphatic carbocycles. The van der Waals surface area contributed by atoms with Crippen molar-refractivity contribution in [2.45, 2.75) is 104 Å². The van der Waals surface area contributed by atoms with Crippen LogP contribution in [0.5, 0.6) is 11.5 Å². The molecule has 1 radical (unpaired) electrons. The van der Waals surface area contributed by atoms with E-state index < -0.39 is 11.9 Å². The Hall–Kier alpha value is -3.17. The van der Waals surface area contributed by atoms with Gasteiger partial charge < -0.3 is 30.0 Å². The molecular weight excluding hydrogens is 579 g/mol. The third kappa shape index (κ3) is 9.98. The molecule has 231 valence electrons. The molecule has 0 saturated heterocycles. The second-order valence-electron chi connectivity index (χ2n) is 10.8. The Morgan fingerprint density at radius 1 is 0.857 bits per heavy atom. The molecule has 2 aliphatic rings. The number of nitrogens with zero attached hydrogens (tertiary/aromatic N) is 2. The molecule has 8 nitrogen and oxygen atoms in total. The van der Waals surface area contributed by atoms with E-state index in [1.54, 1.807) is 0 Å². The minimum Gasteiger partial charge on any atom is -0.550 e. The van der Waals surface area contributed by atoms with Crippen molar-refractivity contribution in [1.29, 1.82) is 0 Å². The van der Waals surface area contributed by atoms with Crippen LogP contribution in [0.2, 0.25) is 0 Å². The fourth-order valence-electron chi connectivity index (χ4n) is 5.69. The van der Waals surface area contributed by atoms with Gasteiger partial charge in [0.15, 0.2) is 0 Å². The van der Waals surface area contributed by atoms with Crippen LogP contribution in [0.4, 0.5) is 0 Å². The zero-order valence-corrected chi connectivity index (χ0v) is 26.6. The van der Waals surface area contributed by atoms with E-state index in [0.717, 1.165) is 81.0 Å². The maximum Gasteiger partial charge on any atom is 2.00 e. The number of benzene rings is 2. The van der Waals surface area contributed by atoms with Gasteiger partial charge >= 0.3 is 16.8 Å². The molecule has 2 N–H and O–H groups in total. The Bertz CT molecular complexity index is 1260. The molecule has 2 fully saturated rings. The number of phenols is 2. The van der Waals surface area contributed by atoms with Crippen molar-refractivity contribution in [2.75, 3.05) is 0 Å². The van der Waals surface area contributed by atoms with Crippen LogP contribution in [0.3, 0.4) is 0 Å². The molecule has 42 heavy (non-hydrogen) atoms. The van der Waals surface area contributed by atoms with Crippen molar-refractivity contribution in [3.05, 3.63) is 57.6 Å². The smallest absolute Gasteiger partial charge is 0.550 e. The summed E-state index contributed by atoms with van der Waals surface area (Å²) >= 11 is 0. The predicted molar refractivity (Wildman–Crippen MR) is 159 cm³/mol. The van der Waals surface area contributed by atoms with Crippen molar-refractivity contribution >= 4 is 24.4 Å². The number of aliphatic imine (C=N–C) groups is 2. The summed E-state index contributed by atoms with van der Waals surface area (Å²) in [7, 11) is 0. The van der Waals surface area contributed by atoms with Gasteiger partial charge in [-0.2, -0.15) is 0 Å². The van der Waals surface area contributed by atoms with Crippen molar-refractivity contribution in [1.82, 2.24) is 0 Å². The van der Waals surface area contributed by atoms with Crippen molar-refractivity contribution in [2.24, 2.45) is 15.9 Å². The molecule has 3 unspecified atom stereocenters. The normalized spacial score (nSPS) is 20.4. The number of aliphatic carboxylic acids is 2. The minimum absolute atomic E-state index is 0. The van der Waals surface area contributed by atoms with E-state index in [0.29, 0.717) is 17.4 Å². The first-order chi connectivity index (χ1) is 19.4. The van der Waals surface area contributed by atoms with Crippen LogP contribution in [-0.2, 0) is 52.1 Å². The molecule has 2 saturated carbocycles. The van der Waals surface area contributed by atoms with Crippen molar-refractivity contribution in [3.63, 3.8) is 0 Å². The van der Waals surface area contributed by atoms with Gasteiger partial charge in [-0.05, 0) is 106 Å². The summed E-state index contributed by atoms with van der Waals surface area (Å²) < 4.78 is 0. The molecule has 0 spiro atoms. The summed E-state index contributed by atoms with van der Waals surface area (Å²) in [4.78, 5) is 27.9. The molecule has 0 aliphatic heterocycles. The van der Waals surface area contributed by atoms with Gasteiger partial charge in [0, 0.05) is 35.5 Å². The number of hydrogen-bond acceptors (Lipinski definition) is 8. The molecule has 3 atom stereocenters. The number of rotatable bonds is 8. The van der Waals surface area contributed by atoms with E-state index in [-0.39, 0.29) is 28.4 Å². The number of phenolic OH excluding ortho intramolecular Hbond substituents is 2. The average molecular weight is 624 g/mol. The minimum atomic E-state index is -1.08.